The maximum absolute atomic E-state index is 6.19. The van der Waals surface area contributed by atoms with E-state index in [4.69, 9.17) is 5.53 Å². The Hall–Kier alpha value is -2.02. The van der Waals surface area contributed by atoms with E-state index < -0.39 is 0 Å². The minimum Gasteiger partial charge on any atom is -0.298 e. The summed E-state index contributed by atoms with van der Waals surface area (Å²) in [5, 5.41) is 12.3. The summed E-state index contributed by atoms with van der Waals surface area (Å²) in [5.74, 6) is 0.459. The summed E-state index contributed by atoms with van der Waals surface area (Å²) in [7, 11) is 0. The van der Waals surface area contributed by atoms with Crippen molar-refractivity contribution >= 4 is 0 Å². The summed E-state index contributed by atoms with van der Waals surface area (Å²) in [5.41, 5.74) is 6.19. The van der Waals surface area contributed by atoms with E-state index in [1.165, 1.54) is 0 Å². The van der Waals surface area contributed by atoms with Crippen LogP contribution < -0.4 is 4.89 Å². The first-order valence-corrected chi connectivity index (χ1v) is 3.25. The Bertz CT molecular complexity index is 276. The SMILES string of the molecule is N=N/N=N/OOOc1ccccc1. The van der Waals surface area contributed by atoms with Crippen LogP contribution in [0, 0.1) is 5.53 Å². The molecule has 0 fully saturated rings. The lowest BCUT2D eigenvalue weighted by molar-refractivity contribution is -0.471. The highest BCUT2D eigenvalue weighted by molar-refractivity contribution is 5.19. The van der Waals surface area contributed by atoms with E-state index in [-0.39, 0.29) is 0 Å². The van der Waals surface area contributed by atoms with Crippen LogP contribution >= 0.6 is 0 Å². The van der Waals surface area contributed by atoms with Crippen LogP contribution in [-0.4, -0.2) is 0 Å². The first kappa shape index (κ1) is 9.07. The molecule has 0 amide bonds. The van der Waals surface area contributed by atoms with Gasteiger partial charge in [0.2, 0.25) is 0 Å². The second-order valence-electron chi connectivity index (χ2n) is 1.81. The zero-order valence-corrected chi connectivity index (χ0v) is 6.45. The fraction of sp³-hybridized carbons (Fsp3) is 0. The van der Waals surface area contributed by atoms with Gasteiger partial charge in [-0.1, -0.05) is 18.2 Å². The topological polar surface area (TPSA) is 88.6 Å². The van der Waals surface area contributed by atoms with Crippen molar-refractivity contribution in [3.63, 3.8) is 0 Å². The van der Waals surface area contributed by atoms with Gasteiger partial charge in [0.05, 0.1) is 10.3 Å². The van der Waals surface area contributed by atoms with Gasteiger partial charge in [-0.3, -0.25) is 4.89 Å². The predicted octanol–water partition coefficient (Wildman–Crippen LogP) is 2.24. The lowest BCUT2D eigenvalue weighted by Gasteiger charge is -1.97. The quantitative estimate of drug-likeness (QED) is 0.327. The fourth-order valence-corrected chi connectivity index (χ4v) is 0.577. The van der Waals surface area contributed by atoms with Gasteiger partial charge in [-0.15, -0.1) is 0 Å². The van der Waals surface area contributed by atoms with Gasteiger partial charge in [-0.2, -0.15) is 10.5 Å². The van der Waals surface area contributed by atoms with Crippen LogP contribution in [0.2, 0.25) is 0 Å². The zero-order valence-electron chi connectivity index (χ0n) is 6.45. The van der Waals surface area contributed by atoms with Crippen LogP contribution in [-0.2, 0) is 10.0 Å². The number of para-hydroxylation sites is 1. The molecule has 0 aromatic heterocycles. The van der Waals surface area contributed by atoms with E-state index >= 15 is 0 Å². The molecule has 7 heteroatoms. The van der Waals surface area contributed by atoms with Crippen molar-refractivity contribution in [2.75, 3.05) is 0 Å². The second kappa shape index (κ2) is 5.61. The maximum atomic E-state index is 6.19. The molecule has 7 nitrogen and oxygen atoms in total. The molecule has 1 aromatic rings. The average molecular weight is 182 g/mol. The van der Waals surface area contributed by atoms with Gasteiger partial charge >= 0.3 is 0 Å². The molecule has 0 radical (unpaired) electrons. The molecule has 0 spiro atoms. The third kappa shape index (κ3) is 3.77. The van der Waals surface area contributed by atoms with Gasteiger partial charge in [0, 0.05) is 5.22 Å². The molecule has 13 heavy (non-hydrogen) atoms. The van der Waals surface area contributed by atoms with Gasteiger partial charge < -0.3 is 0 Å². The van der Waals surface area contributed by atoms with Gasteiger partial charge in [0.25, 0.3) is 0 Å². The number of rotatable bonds is 5. The van der Waals surface area contributed by atoms with Crippen molar-refractivity contribution in [1.29, 1.82) is 5.53 Å². The molecule has 1 N–H and O–H groups in total. The first-order chi connectivity index (χ1) is 6.43. The van der Waals surface area contributed by atoms with E-state index in [0.29, 0.717) is 5.75 Å². The number of nitrogens with zero attached hydrogens (tertiary/aromatic N) is 3. The van der Waals surface area contributed by atoms with Crippen molar-refractivity contribution < 1.29 is 14.9 Å². The van der Waals surface area contributed by atoms with Crippen LogP contribution in [0.3, 0.4) is 0 Å². The highest BCUT2D eigenvalue weighted by Gasteiger charge is 1.91. The van der Waals surface area contributed by atoms with Gasteiger partial charge in [0.15, 0.2) is 5.75 Å². The van der Waals surface area contributed by atoms with Crippen molar-refractivity contribution in [3.05, 3.63) is 30.3 Å². The molecule has 0 heterocycles. The Labute approximate surface area is 73.2 Å². The Morgan fingerprint density at radius 2 is 1.92 bits per heavy atom. The summed E-state index contributed by atoms with van der Waals surface area (Å²) in [4.78, 5) is 8.57. The van der Waals surface area contributed by atoms with Crippen molar-refractivity contribution in [2.45, 2.75) is 0 Å². The lowest BCUT2D eigenvalue weighted by Crippen LogP contribution is -1.93. The normalized spacial score (nSPS) is 9.85. The van der Waals surface area contributed by atoms with Crippen LogP contribution in [0.5, 0.6) is 5.75 Å². The molecule has 1 aromatic carbocycles. The van der Waals surface area contributed by atoms with Gasteiger partial charge in [0.1, 0.15) is 0 Å². The molecule has 0 unspecified atom stereocenters. The van der Waals surface area contributed by atoms with E-state index in [1.54, 1.807) is 24.3 Å². The molecular weight excluding hydrogens is 176 g/mol. The molecular formula is C6H6N4O3. The molecule has 0 aliphatic carbocycles. The Morgan fingerprint density at radius 3 is 2.62 bits per heavy atom. The minimum absolute atomic E-state index is 0.459. The van der Waals surface area contributed by atoms with Crippen molar-refractivity contribution in [1.82, 2.24) is 0 Å². The van der Waals surface area contributed by atoms with Crippen LogP contribution in [0.1, 0.15) is 0 Å². The molecule has 0 aliphatic heterocycles. The first-order valence-electron chi connectivity index (χ1n) is 3.25. The minimum atomic E-state index is 0.459. The molecule has 0 saturated carbocycles. The fourth-order valence-electron chi connectivity index (χ4n) is 0.577. The average Bonchev–Trinajstić information content (AvgIpc) is 2.19. The third-order valence-electron chi connectivity index (χ3n) is 1.02. The predicted molar refractivity (Wildman–Crippen MR) is 39.2 cm³/mol. The summed E-state index contributed by atoms with van der Waals surface area (Å²) >= 11 is 0. The monoisotopic (exact) mass is 182 g/mol. The highest BCUT2D eigenvalue weighted by atomic mass is 17.5. The van der Waals surface area contributed by atoms with Crippen LogP contribution in [0.4, 0.5) is 0 Å². The standard InChI is InChI=1S/C6H6N4O3/c7-8-9-10-12-13-11-6-4-2-1-3-5-6/h1-5,7H/b8-7?,10-9+. The van der Waals surface area contributed by atoms with E-state index in [9.17, 15) is 0 Å². The number of hydrogen-bond acceptors (Lipinski definition) is 5. The Balaban J connectivity index is 2.20. The molecule has 68 valence electrons. The zero-order chi connectivity index (χ0) is 9.36. The third-order valence-corrected chi connectivity index (χ3v) is 1.02. The van der Waals surface area contributed by atoms with E-state index in [0.717, 1.165) is 0 Å². The summed E-state index contributed by atoms with van der Waals surface area (Å²) in [6.45, 7) is 0. The number of nitrogens with one attached hydrogen (secondary N) is 1. The highest BCUT2D eigenvalue weighted by Crippen LogP contribution is 2.08. The summed E-state index contributed by atoms with van der Waals surface area (Å²) in [6.07, 6.45) is 0. The lowest BCUT2D eigenvalue weighted by atomic mass is 10.3. The molecule has 0 saturated heterocycles. The Kier molecular flexibility index (Phi) is 3.91. The van der Waals surface area contributed by atoms with Gasteiger partial charge in [-0.05, 0) is 17.4 Å². The van der Waals surface area contributed by atoms with Crippen molar-refractivity contribution in [3.8, 4) is 5.75 Å². The number of hydrogen-bond donors (Lipinski definition) is 1. The maximum Gasteiger partial charge on any atom is 0.169 e. The van der Waals surface area contributed by atoms with Gasteiger partial charge in [-0.25, -0.2) is 0 Å². The second-order valence-corrected chi connectivity index (χ2v) is 1.81. The molecule has 0 bridgehead atoms. The van der Waals surface area contributed by atoms with Crippen molar-refractivity contribution in [2.24, 2.45) is 15.7 Å². The number of benzene rings is 1. The van der Waals surface area contributed by atoms with Crippen LogP contribution in [0.15, 0.2) is 46.1 Å². The smallest absolute Gasteiger partial charge is 0.169 e. The Morgan fingerprint density at radius 1 is 1.15 bits per heavy atom. The summed E-state index contributed by atoms with van der Waals surface area (Å²) < 4.78 is 0. The van der Waals surface area contributed by atoms with E-state index in [2.05, 4.69) is 30.6 Å². The summed E-state index contributed by atoms with van der Waals surface area (Å²) in [6, 6.07) is 8.68. The largest absolute Gasteiger partial charge is 0.298 e. The molecule has 0 aliphatic rings. The molecule has 0 atom stereocenters. The van der Waals surface area contributed by atoms with Crippen LogP contribution in [0.25, 0.3) is 0 Å². The van der Waals surface area contributed by atoms with E-state index in [1.807, 2.05) is 6.07 Å². The molecule has 1 rings (SSSR count).